The zero-order valence-corrected chi connectivity index (χ0v) is 8.15. The lowest BCUT2D eigenvalue weighted by atomic mass is 10.1. The molecule has 1 aromatic rings. The molecular formula is C9H10ClFO2. The zero-order valence-electron chi connectivity index (χ0n) is 7.40. The molecule has 0 aliphatic rings. The molecule has 0 aliphatic carbocycles. The van der Waals surface area contributed by atoms with Crippen LogP contribution in [0.15, 0.2) is 6.07 Å². The van der Waals surface area contributed by atoms with E-state index >= 15 is 0 Å². The van der Waals surface area contributed by atoms with Crippen molar-refractivity contribution in [1.29, 1.82) is 0 Å². The fourth-order valence-corrected chi connectivity index (χ4v) is 1.48. The third kappa shape index (κ3) is 1.76. The summed E-state index contributed by atoms with van der Waals surface area (Å²) >= 11 is 5.59. The van der Waals surface area contributed by atoms with Gasteiger partial charge in [-0.25, -0.2) is 4.39 Å². The van der Waals surface area contributed by atoms with Crippen LogP contribution in [0.25, 0.3) is 0 Å². The number of benzene rings is 1. The van der Waals surface area contributed by atoms with E-state index in [1.165, 1.54) is 13.2 Å². The monoisotopic (exact) mass is 204 g/mol. The van der Waals surface area contributed by atoms with Crippen LogP contribution in [0.2, 0.25) is 5.02 Å². The van der Waals surface area contributed by atoms with Crippen molar-refractivity contribution < 1.29 is 14.2 Å². The maximum Gasteiger partial charge on any atom is 0.148 e. The Kier molecular flexibility index (Phi) is 3.12. The molecule has 0 saturated carbocycles. The number of aliphatic hydroxyl groups excluding tert-OH is 1. The molecule has 0 radical (unpaired) electrons. The molecule has 0 saturated heterocycles. The lowest BCUT2D eigenvalue weighted by Crippen LogP contribution is -1.98. The van der Waals surface area contributed by atoms with Gasteiger partial charge in [0.1, 0.15) is 11.6 Å². The third-order valence-corrected chi connectivity index (χ3v) is 2.12. The highest BCUT2D eigenvalue weighted by molar-refractivity contribution is 6.30. The van der Waals surface area contributed by atoms with E-state index in [0.717, 1.165) is 0 Å². The second kappa shape index (κ2) is 3.94. The molecule has 1 N–H and O–H groups in total. The highest BCUT2D eigenvalue weighted by Crippen LogP contribution is 2.30. The summed E-state index contributed by atoms with van der Waals surface area (Å²) in [4.78, 5) is 0. The van der Waals surface area contributed by atoms with Gasteiger partial charge in [-0.2, -0.15) is 0 Å². The highest BCUT2D eigenvalue weighted by Gasteiger charge is 2.13. The molecule has 2 nitrogen and oxygen atoms in total. The average Bonchev–Trinajstić information content (AvgIpc) is 2.13. The largest absolute Gasteiger partial charge is 0.496 e. The highest BCUT2D eigenvalue weighted by atomic mass is 35.5. The molecule has 0 bridgehead atoms. The van der Waals surface area contributed by atoms with Gasteiger partial charge in [-0.05, 0) is 13.0 Å². The first-order valence-corrected chi connectivity index (χ1v) is 4.12. The van der Waals surface area contributed by atoms with Crippen molar-refractivity contribution >= 4 is 11.6 Å². The molecule has 0 fully saturated rings. The Hall–Kier alpha value is -0.800. The van der Waals surface area contributed by atoms with E-state index in [-0.39, 0.29) is 11.6 Å². The molecule has 1 rings (SSSR count). The summed E-state index contributed by atoms with van der Waals surface area (Å²) in [6, 6.07) is 1.36. The first kappa shape index (κ1) is 10.3. The molecule has 0 unspecified atom stereocenters. The molecule has 0 amide bonds. The van der Waals surface area contributed by atoms with Gasteiger partial charge in [0.25, 0.3) is 0 Å². The Labute approximate surface area is 80.9 Å². The van der Waals surface area contributed by atoms with Gasteiger partial charge in [0.2, 0.25) is 0 Å². The predicted molar refractivity (Wildman–Crippen MR) is 48.6 cm³/mol. The SMILES string of the molecule is COc1c(CO)cc(Cl)c(F)c1C. The number of aliphatic hydroxyl groups is 1. The van der Waals surface area contributed by atoms with Crippen LogP contribution in [0.4, 0.5) is 4.39 Å². The minimum atomic E-state index is -0.504. The van der Waals surface area contributed by atoms with Gasteiger partial charge in [0.05, 0.1) is 18.7 Å². The van der Waals surface area contributed by atoms with Crippen LogP contribution in [-0.2, 0) is 6.61 Å². The van der Waals surface area contributed by atoms with Gasteiger partial charge in [0, 0.05) is 11.1 Å². The van der Waals surface area contributed by atoms with E-state index in [2.05, 4.69) is 0 Å². The lowest BCUT2D eigenvalue weighted by Gasteiger charge is -2.11. The topological polar surface area (TPSA) is 29.5 Å². The van der Waals surface area contributed by atoms with E-state index in [1.807, 2.05) is 0 Å². The van der Waals surface area contributed by atoms with E-state index in [4.69, 9.17) is 21.4 Å². The summed E-state index contributed by atoms with van der Waals surface area (Å²) < 4.78 is 18.1. The van der Waals surface area contributed by atoms with Crippen LogP contribution < -0.4 is 4.74 Å². The van der Waals surface area contributed by atoms with Crippen molar-refractivity contribution in [3.05, 3.63) is 28.0 Å². The quantitative estimate of drug-likeness (QED) is 0.801. The van der Waals surface area contributed by atoms with Crippen molar-refractivity contribution in [3.63, 3.8) is 0 Å². The van der Waals surface area contributed by atoms with Crippen molar-refractivity contribution in [2.75, 3.05) is 7.11 Å². The Morgan fingerprint density at radius 2 is 2.23 bits per heavy atom. The predicted octanol–water partition coefficient (Wildman–Crippen LogP) is 2.29. The van der Waals surface area contributed by atoms with Crippen LogP contribution in [0.3, 0.4) is 0 Å². The summed E-state index contributed by atoms with van der Waals surface area (Å²) in [7, 11) is 1.43. The molecule has 0 aliphatic heterocycles. The van der Waals surface area contributed by atoms with Crippen LogP contribution in [0, 0.1) is 12.7 Å². The Morgan fingerprint density at radius 3 is 2.69 bits per heavy atom. The molecule has 72 valence electrons. The minimum absolute atomic E-state index is 0.00218. The van der Waals surface area contributed by atoms with Crippen molar-refractivity contribution in [2.45, 2.75) is 13.5 Å². The van der Waals surface area contributed by atoms with Gasteiger partial charge < -0.3 is 9.84 Å². The molecule has 0 aromatic heterocycles. The fourth-order valence-electron chi connectivity index (χ4n) is 1.20. The van der Waals surface area contributed by atoms with Crippen LogP contribution >= 0.6 is 11.6 Å². The van der Waals surface area contributed by atoms with Gasteiger partial charge in [-0.3, -0.25) is 0 Å². The number of methoxy groups -OCH3 is 1. The van der Waals surface area contributed by atoms with Crippen molar-refractivity contribution in [3.8, 4) is 5.75 Å². The van der Waals surface area contributed by atoms with Gasteiger partial charge in [-0.15, -0.1) is 0 Å². The Balaban J connectivity index is 3.39. The van der Waals surface area contributed by atoms with Crippen molar-refractivity contribution in [1.82, 2.24) is 0 Å². The molecule has 0 atom stereocenters. The summed E-state index contributed by atoms with van der Waals surface area (Å²) in [6.45, 7) is 1.34. The Morgan fingerprint density at radius 1 is 1.62 bits per heavy atom. The number of hydrogen-bond donors (Lipinski definition) is 1. The second-order valence-electron chi connectivity index (χ2n) is 2.65. The standard InChI is InChI=1S/C9H10ClFO2/c1-5-8(11)7(10)3-6(4-12)9(5)13-2/h3,12H,4H2,1-2H3. The molecule has 0 heterocycles. The van der Waals surface area contributed by atoms with Crippen molar-refractivity contribution in [2.24, 2.45) is 0 Å². The number of halogens is 2. The zero-order chi connectivity index (χ0) is 10.0. The normalized spacial score (nSPS) is 10.2. The van der Waals surface area contributed by atoms with E-state index in [9.17, 15) is 4.39 Å². The summed E-state index contributed by atoms with van der Waals surface area (Å²) in [5.41, 5.74) is 0.811. The van der Waals surface area contributed by atoms with Gasteiger partial charge in [-0.1, -0.05) is 11.6 Å². The van der Waals surface area contributed by atoms with Gasteiger partial charge >= 0.3 is 0 Å². The van der Waals surface area contributed by atoms with Gasteiger partial charge in [0.15, 0.2) is 0 Å². The number of rotatable bonds is 2. The molecule has 0 spiro atoms. The third-order valence-electron chi connectivity index (χ3n) is 1.85. The minimum Gasteiger partial charge on any atom is -0.496 e. The fraction of sp³-hybridized carbons (Fsp3) is 0.333. The maximum absolute atomic E-state index is 13.2. The van der Waals surface area contributed by atoms with E-state index in [1.54, 1.807) is 6.92 Å². The molecular weight excluding hydrogens is 195 g/mol. The maximum atomic E-state index is 13.2. The summed E-state index contributed by atoms with van der Waals surface area (Å²) in [5.74, 6) is -0.153. The second-order valence-corrected chi connectivity index (χ2v) is 3.06. The first-order valence-electron chi connectivity index (χ1n) is 3.74. The first-order chi connectivity index (χ1) is 6.11. The van der Waals surface area contributed by atoms with Crippen LogP contribution in [0.1, 0.15) is 11.1 Å². The average molecular weight is 205 g/mol. The van der Waals surface area contributed by atoms with Crippen LogP contribution in [0.5, 0.6) is 5.75 Å². The molecule has 1 aromatic carbocycles. The van der Waals surface area contributed by atoms with Crippen LogP contribution in [-0.4, -0.2) is 12.2 Å². The number of hydrogen-bond acceptors (Lipinski definition) is 2. The Bertz CT molecular complexity index is 326. The lowest BCUT2D eigenvalue weighted by molar-refractivity contribution is 0.273. The van der Waals surface area contributed by atoms with E-state index < -0.39 is 5.82 Å². The van der Waals surface area contributed by atoms with E-state index in [0.29, 0.717) is 16.9 Å². The summed E-state index contributed by atoms with van der Waals surface area (Å²) in [6.07, 6.45) is 0. The molecule has 4 heteroatoms. The number of ether oxygens (including phenoxy) is 1. The smallest absolute Gasteiger partial charge is 0.148 e. The molecule has 13 heavy (non-hydrogen) atoms. The summed E-state index contributed by atoms with van der Waals surface area (Å²) in [5, 5.41) is 8.93.